The second-order valence-electron chi connectivity index (χ2n) is 6.59. The van der Waals surface area contributed by atoms with Gasteiger partial charge in [-0.2, -0.15) is 5.26 Å². The molecule has 0 aliphatic heterocycles. The number of pyridine rings is 1. The van der Waals surface area contributed by atoms with Crippen LogP contribution in [0.3, 0.4) is 0 Å². The molecule has 5 nitrogen and oxygen atoms in total. The van der Waals surface area contributed by atoms with Gasteiger partial charge in [0.1, 0.15) is 18.2 Å². The van der Waals surface area contributed by atoms with Gasteiger partial charge in [-0.15, -0.1) is 0 Å². The molecule has 0 aliphatic rings. The summed E-state index contributed by atoms with van der Waals surface area (Å²) in [5, 5.41) is 12.1. The average molecular weight is 337 g/mol. The molecule has 0 fully saturated rings. The Kier molecular flexibility index (Phi) is 5.43. The molecular formula is C20H23N3O2. The van der Waals surface area contributed by atoms with Gasteiger partial charge in [0.25, 0.3) is 5.56 Å². The highest BCUT2D eigenvalue weighted by atomic mass is 16.2. The standard InChI is InChI=1S/C20H23N3O2/c1-12(2)16-8-6-7-13(3)19(16)22-18(24)11-23-15(5)9-14(4)17(10-21)20(23)25/h6-9,12H,11H2,1-5H3,(H,22,24). The minimum atomic E-state index is -0.427. The zero-order chi connectivity index (χ0) is 18.7. The highest BCUT2D eigenvalue weighted by Gasteiger charge is 2.15. The van der Waals surface area contributed by atoms with E-state index < -0.39 is 5.56 Å². The molecule has 0 radical (unpaired) electrons. The monoisotopic (exact) mass is 337 g/mol. The van der Waals surface area contributed by atoms with Crippen LogP contribution in [0.15, 0.2) is 29.1 Å². The predicted octanol–water partition coefficient (Wildman–Crippen LogP) is 3.41. The van der Waals surface area contributed by atoms with Crippen molar-refractivity contribution in [2.45, 2.75) is 47.1 Å². The largest absolute Gasteiger partial charge is 0.324 e. The minimum Gasteiger partial charge on any atom is -0.324 e. The lowest BCUT2D eigenvalue weighted by molar-refractivity contribution is -0.116. The van der Waals surface area contributed by atoms with E-state index in [1.807, 2.05) is 31.2 Å². The zero-order valence-electron chi connectivity index (χ0n) is 15.3. The normalized spacial score (nSPS) is 10.6. The molecule has 1 aromatic heterocycles. The van der Waals surface area contributed by atoms with Crippen molar-refractivity contribution in [3.05, 3.63) is 62.6 Å². The third-order valence-electron chi connectivity index (χ3n) is 4.31. The first-order valence-electron chi connectivity index (χ1n) is 8.26. The van der Waals surface area contributed by atoms with E-state index in [0.717, 1.165) is 16.8 Å². The molecule has 0 atom stereocenters. The van der Waals surface area contributed by atoms with Gasteiger partial charge in [-0.1, -0.05) is 32.0 Å². The van der Waals surface area contributed by atoms with E-state index in [0.29, 0.717) is 11.3 Å². The third-order valence-corrected chi connectivity index (χ3v) is 4.31. The van der Waals surface area contributed by atoms with Crippen molar-refractivity contribution in [1.29, 1.82) is 5.26 Å². The summed E-state index contributed by atoms with van der Waals surface area (Å²) in [7, 11) is 0. The van der Waals surface area contributed by atoms with Crippen LogP contribution in [0.2, 0.25) is 0 Å². The first-order valence-corrected chi connectivity index (χ1v) is 8.26. The molecule has 0 bridgehead atoms. The summed E-state index contributed by atoms with van der Waals surface area (Å²) in [5.74, 6) is -0.0154. The number of rotatable bonds is 4. The van der Waals surface area contributed by atoms with E-state index in [9.17, 15) is 9.59 Å². The van der Waals surface area contributed by atoms with Gasteiger partial charge in [0.2, 0.25) is 5.91 Å². The second-order valence-corrected chi connectivity index (χ2v) is 6.59. The van der Waals surface area contributed by atoms with Crippen LogP contribution in [0.25, 0.3) is 0 Å². The Morgan fingerprint density at radius 3 is 2.52 bits per heavy atom. The van der Waals surface area contributed by atoms with Crippen molar-refractivity contribution in [1.82, 2.24) is 4.57 Å². The maximum Gasteiger partial charge on any atom is 0.269 e. The van der Waals surface area contributed by atoms with Crippen molar-refractivity contribution in [3.8, 4) is 6.07 Å². The molecular weight excluding hydrogens is 314 g/mol. The maximum atomic E-state index is 12.5. The summed E-state index contributed by atoms with van der Waals surface area (Å²) in [5.41, 5.74) is 3.76. The molecule has 5 heteroatoms. The minimum absolute atomic E-state index is 0.0807. The van der Waals surface area contributed by atoms with Crippen molar-refractivity contribution in [2.24, 2.45) is 0 Å². The van der Waals surface area contributed by atoms with Gasteiger partial charge in [0.05, 0.1) is 0 Å². The molecule has 0 spiro atoms. The molecule has 0 aliphatic carbocycles. The SMILES string of the molecule is Cc1cccc(C(C)C)c1NC(=O)Cn1c(C)cc(C)c(C#N)c1=O. The lowest BCUT2D eigenvalue weighted by atomic mass is 9.98. The predicted molar refractivity (Wildman–Crippen MR) is 98.8 cm³/mol. The molecule has 0 unspecified atom stereocenters. The molecule has 0 saturated carbocycles. The lowest BCUT2D eigenvalue weighted by Crippen LogP contribution is -2.31. The van der Waals surface area contributed by atoms with Crippen LogP contribution in [-0.4, -0.2) is 10.5 Å². The Hall–Kier alpha value is -2.87. The quantitative estimate of drug-likeness (QED) is 0.929. The Bertz CT molecular complexity index is 918. The van der Waals surface area contributed by atoms with E-state index in [1.54, 1.807) is 19.9 Å². The van der Waals surface area contributed by atoms with Crippen molar-refractivity contribution in [3.63, 3.8) is 0 Å². The number of anilines is 1. The number of nitriles is 1. The van der Waals surface area contributed by atoms with Crippen LogP contribution in [0.5, 0.6) is 0 Å². The lowest BCUT2D eigenvalue weighted by Gasteiger charge is -2.17. The Labute approximate surface area is 147 Å². The van der Waals surface area contributed by atoms with E-state index in [2.05, 4.69) is 19.2 Å². The molecule has 0 saturated heterocycles. The number of benzene rings is 1. The van der Waals surface area contributed by atoms with Gasteiger partial charge in [-0.3, -0.25) is 9.59 Å². The summed E-state index contributed by atoms with van der Waals surface area (Å²) >= 11 is 0. The van der Waals surface area contributed by atoms with Crippen LogP contribution >= 0.6 is 0 Å². The second kappa shape index (κ2) is 7.35. The fourth-order valence-corrected chi connectivity index (χ4v) is 2.92. The summed E-state index contributed by atoms with van der Waals surface area (Å²) in [4.78, 5) is 25.0. The summed E-state index contributed by atoms with van der Waals surface area (Å²) in [6.45, 7) is 9.44. The van der Waals surface area contributed by atoms with E-state index in [4.69, 9.17) is 5.26 Å². The number of nitrogens with zero attached hydrogens (tertiary/aromatic N) is 2. The molecule has 1 heterocycles. The highest BCUT2D eigenvalue weighted by molar-refractivity contribution is 5.92. The maximum absolute atomic E-state index is 12.5. The van der Waals surface area contributed by atoms with E-state index in [1.165, 1.54) is 4.57 Å². The smallest absolute Gasteiger partial charge is 0.269 e. The van der Waals surface area contributed by atoms with Gasteiger partial charge in [-0.05, 0) is 49.4 Å². The number of aryl methyl sites for hydroxylation is 3. The third kappa shape index (κ3) is 3.80. The number of nitrogens with one attached hydrogen (secondary N) is 1. The van der Waals surface area contributed by atoms with Gasteiger partial charge in [0, 0.05) is 11.4 Å². The van der Waals surface area contributed by atoms with E-state index in [-0.39, 0.29) is 23.9 Å². The topological polar surface area (TPSA) is 74.9 Å². The number of hydrogen-bond acceptors (Lipinski definition) is 3. The molecule has 2 rings (SSSR count). The fraction of sp³-hybridized carbons (Fsp3) is 0.350. The fourth-order valence-electron chi connectivity index (χ4n) is 2.92. The van der Waals surface area contributed by atoms with E-state index >= 15 is 0 Å². The number of hydrogen-bond donors (Lipinski definition) is 1. The van der Waals surface area contributed by atoms with Crippen LogP contribution in [0.1, 0.15) is 47.7 Å². The number of aromatic nitrogens is 1. The van der Waals surface area contributed by atoms with Gasteiger partial charge in [0.15, 0.2) is 0 Å². The van der Waals surface area contributed by atoms with Crippen LogP contribution in [-0.2, 0) is 11.3 Å². The first-order chi connectivity index (χ1) is 11.8. The van der Waals surface area contributed by atoms with Gasteiger partial charge >= 0.3 is 0 Å². The summed E-state index contributed by atoms with van der Waals surface area (Å²) in [6, 6.07) is 9.57. The molecule has 1 aromatic carbocycles. The van der Waals surface area contributed by atoms with Gasteiger partial charge < -0.3 is 9.88 Å². The molecule has 2 aromatic rings. The zero-order valence-corrected chi connectivity index (χ0v) is 15.3. The molecule has 1 amide bonds. The number of amides is 1. The molecule has 130 valence electrons. The number of para-hydroxylation sites is 1. The number of carbonyl (C=O) groups excluding carboxylic acids is 1. The highest BCUT2D eigenvalue weighted by Crippen LogP contribution is 2.27. The van der Waals surface area contributed by atoms with Crippen molar-refractivity contribution >= 4 is 11.6 Å². The Morgan fingerprint density at radius 1 is 1.24 bits per heavy atom. The Morgan fingerprint density at radius 2 is 1.92 bits per heavy atom. The summed E-state index contributed by atoms with van der Waals surface area (Å²) in [6.07, 6.45) is 0. The summed E-state index contributed by atoms with van der Waals surface area (Å²) < 4.78 is 1.34. The molecule has 25 heavy (non-hydrogen) atoms. The van der Waals surface area contributed by atoms with Gasteiger partial charge in [-0.25, -0.2) is 0 Å². The average Bonchev–Trinajstić information content (AvgIpc) is 2.53. The Balaban J connectivity index is 2.35. The van der Waals surface area contributed by atoms with Crippen LogP contribution in [0, 0.1) is 32.1 Å². The van der Waals surface area contributed by atoms with Crippen LogP contribution in [0.4, 0.5) is 5.69 Å². The van der Waals surface area contributed by atoms with Crippen molar-refractivity contribution in [2.75, 3.05) is 5.32 Å². The van der Waals surface area contributed by atoms with Crippen molar-refractivity contribution < 1.29 is 4.79 Å². The first kappa shape index (κ1) is 18.5. The molecule has 1 N–H and O–H groups in total. The number of carbonyl (C=O) groups is 1. The van der Waals surface area contributed by atoms with Crippen LogP contribution < -0.4 is 10.9 Å².